The van der Waals surface area contributed by atoms with Gasteiger partial charge in [0.1, 0.15) is 6.10 Å². The van der Waals surface area contributed by atoms with Crippen LogP contribution in [0, 0.1) is 12.7 Å². The fourth-order valence-corrected chi connectivity index (χ4v) is 2.64. The van der Waals surface area contributed by atoms with Crippen LogP contribution in [0.2, 0.25) is 0 Å². The Morgan fingerprint density at radius 1 is 1.38 bits per heavy atom. The second-order valence-electron chi connectivity index (χ2n) is 5.03. The smallest absolute Gasteiger partial charge is 0.191 e. The van der Waals surface area contributed by atoms with Crippen molar-refractivity contribution in [1.82, 2.24) is 15.6 Å². The Bertz CT molecular complexity index is 665. The van der Waals surface area contributed by atoms with Gasteiger partial charge in [0.2, 0.25) is 0 Å². The molecule has 0 saturated heterocycles. The molecule has 132 valence electrons. The second-order valence-corrected chi connectivity index (χ2v) is 5.97. The number of ether oxygens (including phenoxy) is 1. The Kier molecular flexibility index (Phi) is 8.98. The lowest BCUT2D eigenvalue weighted by atomic mass is 10.3. The van der Waals surface area contributed by atoms with E-state index in [0.29, 0.717) is 19.0 Å². The highest BCUT2D eigenvalue weighted by atomic mass is 127. The second kappa shape index (κ2) is 10.4. The highest BCUT2D eigenvalue weighted by Crippen LogP contribution is 2.16. The number of halogens is 2. The van der Waals surface area contributed by atoms with E-state index in [9.17, 15) is 4.39 Å². The van der Waals surface area contributed by atoms with Crippen LogP contribution in [0.15, 0.2) is 34.8 Å². The summed E-state index contributed by atoms with van der Waals surface area (Å²) in [6.45, 7) is 5.03. The van der Waals surface area contributed by atoms with Crippen molar-refractivity contribution in [3.8, 4) is 5.75 Å². The molecule has 24 heavy (non-hydrogen) atoms. The van der Waals surface area contributed by atoms with Crippen LogP contribution in [-0.4, -0.2) is 30.6 Å². The predicted molar refractivity (Wildman–Crippen MR) is 107 cm³/mol. The van der Waals surface area contributed by atoms with Crippen LogP contribution in [0.4, 0.5) is 4.39 Å². The minimum absolute atomic E-state index is 0. The van der Waals surface area contributed by atoms with Gasteiger partial charge >= 0.3 is 0 Å². The Labute approximate surface area is 162 Å². The van der Waals surface area contributed by atoms with E-state index < -0.39 is 0 Å². The lowest BCUT2D eigenvalue weighted by Gasteiger charge is -2.18. The summed E-state index contributed by atoms with van der Waals surface area (Å²) < 4.78 is 19.1. The van der Waals surface area contributed by atoms with E-state index in [1.165, 1.54) is 10.9 Å². The van der Waals surface area contributed by atoms with Crippen LogP contribution in [0.5, 0.6) is 5.75 Å². The minimum atomic E-state index is -0.359. The highest BCUT2D eigenvalue weighted by molar-refractivity contribution is 14.0. The van der Waals surface area contributed by atoms with Gasteiger partial charge < -0.3 is 15.4 Å². The molecule has 8 heteroatoms. The first-order valence-electron chi connectivity index (χ1n) is 7.34. The number of hydrogen-bond donors (Lipinski definition) is 2. The SMILES string of the molecule is CN=C(NCc1scnc1C)NCC(C)Oc1ccccc1F.I. The third kappa shape index (κ3) is 6.23. The molecular weight excluding hydrogens is 442 g/mol. The number of para-hydroxylation sites is 1. The molecule has 1 aromatic heterocycles. The fourth-order valence-electron chi connectivity index (χ4n) is 1.92. The van der Waals surface area contributed by atoms with Gasteiger partial charge in [0, 0.05) is 11.9 Å². The van der Waals surface area contributed by atoms with Crippen molar-refractivity contribution in [1.29, 1.82) is 0 Å². The molecule has 2 N–H and O–H groups in total. The lowest BCUT2D eigenvalue weighted by Crippen LogP contribution is -2.41. The molecule has 1 atom stereocenters. The molecule has 2 rings (SSSR count). The molecule has 0 saturated carbocycles. The average molecular weight is 464 g/mol. The van der Waals surface area contributed by atoms with Crippen LogP contribution in [0.25, 0.3) is 0 Å². The van der Waals surface area contributed by atoms with Crippen LogP contribution in [0.3, 0.4) is 0 Å². The maximum Gasteiger partial charge on any atom is 0.191 e. The van der Waals surface area contributed by atoms with Gasteiger partial charge in [-0.25, -0.2) is 9.37 Å². The van der Waals surface area contributed by atoms with E-state index in [2.05, 4.69) is 20.6 Å². The van der Waals surface area contributed by atoms with Gasteiger partial charge in [-0.3, -0.25) is 4.99 Å². The van der Waals surface area contributed by atoms with Crippen LogP contribution < -0.4 is 15.4 Å². The lowest BCUT2D eigenvalue weighted by molar-refractivity contribution is 0.214. The zero-order chi connectivity index (χ0) is 16.7. The summed E-state index contributed by atoms with van der Waals surface area (Å²) >= 11 is 1.61. The molecule has 0 bridgehead atoms. The highest BCUT2D eigenvalue weighted by Gasteiger charge is 2.09. The number of aryl methyl sites for hydroxylation is 1. The Morgan fingerprint density at radius 2 is 2.12 bits per heavy atom. The van der Waals surface area contributed by atoms with E-state index in [4.69, 9.17) is 4.74 Å². The van der Waals surface area contributed by atoms with Gasteiger partial charge in [-0.2, -0.15) is 0 Å². The summed E-state index contributed by atoms with van der Waals surface area (Å²) in [5, 5.41) is 6.39. The van der Waals surface area contributed by atoms with Crippen molar-refractivity contribution in [2.45, 2.75) is 26.5 Å². The topological polar surface area (TPSA) is 58.5 Å². The van der Waals surface area contributed by atoms with Crippen molar-refractivity contribution in [2.75, 3.05) is 13.6 Å². The standard InChI is InChI=1S/C16H21FN4OS.HI/c1-11(22-14-7-5-4-6-13(14)17)8-19-16(18-3)20-9-15-12(2)21-10-23-15;/h4-7,10-11H,8-9H2,1-3H3,(H2,18,19,20);1H. The molecule has 0 fully saturated rings. The van der Waals surface area contributed by atoms with Crippen LogP contribution >= 0.6 is 35.3 Å². The molecular formula is C16H22FIN4OS. The van der Waals surface area contributed by atoms with E-state index in [0.717, 1.165) is 5.69 Å². The van der Waals surface area contributed by atoms with Gasteiger partial charge in [-0.1, -0.05) is 12.1 Å². The summed E-state index contributed by atoms with van der Waals surface area (Å²) in [5.41, 5.74) is 2.85. The molecule has 0 aliphatic rings. The molecule has 1 aromatic carbocycles. The van der Waals surface area contributed by atoms with Crippen molar-refractivity contribution in [3.63, 3.8) is 0 Å². The first-order chi connectivity index (χ1) is 11.1. The Balaban J connectivity index is 0.00000288. The maximum atomic E-state index is 13.5. The van der Waals surface area contributed by atoms with Crippen molar-refractivity contribution < 1.29 is 9.13 Å². The third-order valence-electron chi connectivity index (χ3n) is 3.21. The Hall–Kier alpha value is -1.42. The van der Waals surface area contributed by atoms with Gasteiger partial charge in [-0.15, -0.1) is 35.3 Å². The summed E-state index contributed by atoms with van der Waals surface area (Å²) in [4.78, 5) is 9.55. The molecule has 2 aromatic rings. The van der Waals surface area contributed by atoms with E-state index >= 15 is 0 Å². The number of nitrogens with zero attached hydrogens (tertiary/aromatic N) is 2. The van der Waals surface area contributed by atoms with Crippen LogP contribution in [0.1, 0.15) is 17.5 Å². The van der Waals surface area contributed by atoms with Crippen LogP contribution in [-0.2, 0) is 6.54 Å². The summed E-state index contributed by atoms with van der Waals surface area (Å²) in [5.74, 6) is 0.564. The minimum Gasteiger partial charge on any atom is -0.486 e. The number of aliphatic imine (C=N–C) groups is 1. The maximum absolute atomic E-state index is 13.5. The van der Waals surface area contributed by atoms with Gasteiger partial charge in [-0.05, 0) is 26.0 Å². The third-order valence-corrected chi connectivity index (χ3v) is 4.14. The zero-order valence-corrected chi connectivity index (χ0v) is 17.0. The van der Waals surface area contributed by atoms with Gasteiger partial charge in [0.05, 0.1) is 24.3 Å². The van der Waals surface area contributed by atoms with Crippen molar-refractivity contribution >= 4 is 41.3 Å². The fraction of sp³-hybridized carbons (Fsp3) is 0.375. The Morgan fingerprint density at radius 3 is 2.75 bits per heavy atom. The first kappa shape index (κ1) is 20.6. The summed E-state index contributed by atoms with van der Waals surface area (Å²) in [7, 11) is 1.71. The number of guanidine groups is 1. The first-order valence-corrected chi connectivity index (χ1v) is 8.22. The van der Waals surface area contributed by atoms with Crippen molar-refractivity contribution in [2.24, 2.45) is 4.99 Å². The molecule has 0 aliphatic carbocycles. The number of thiazole rings is 1. The number of benzene rings is 1. The predicted octanol–water partition coefficient (Wildman–Crippen LogP) is 3.34. The molecule has 0 amide bonds. The molecule has 0 radical (unpaired) electrons. The molecule has 0 spiro atoms. The van der Waals surface area contributed by atoms with Gasteiger partial charge in [0.15, 0.2) is 17.5 Å². The number of nitrogens with one attached hydrogen (secondary N) is 2. The number of rotatable bonds is 6. The molecule has 0 aliphatic heterocycles. The van der Waals surface area contributed by atoms with E-state index in [1.54, 1.807) is 36.6 Å². The van der Waals surface area contributed by atoms with Gasteiger partial charge in [0.25, 0.3) is 0 Å². The summed E-state index contributed by atoms with van der Waals surface area (Å²) in [6.07, 6.45) is -0.199. The average Bonchev–Trinajstić information content (AvgIpc) is 2.95. The number of aromatic nitrogens is 1. The monoisotopic (exact) mass is 464 g/mol. The summed E-state index contributed by atoms with van der Waals surface area (Å²) in [6, 6.07) is 6.38. The molecule has 1 heterocycles. The molecule has 1 unspecified atom stereocenters. The van der Waals surface area contributed by atoms with E-state index in [1.807, 2.05) is 19.4 Å². The quantitative estimate of drug-likeness (QED) is 0.391. The molecule has 5 nitrogen and oxygen atoms in total. The van der Waals surface area contributed by atoms with E-state index in [-0.39, 0.29) is 41.6 Å². The zero-order valence-electron chi connectivity index (χ0n) is 13.9. The number of hydrogen-bond acceptors (Lipinski definition) is 4. The van der Waals surface area contributed by atoms with Crippen molar-refractivity contribution in [3.05, 3.63) is 46.2 Å². The normalized spacial score (nSPS) is 12.2. The largest absolute Gasteiger partial charge is 0.486 e.